The SMILES string of the molecule is COC(=O)CCCCCN1C(=O)/C(=C\c2cc(Br)c(OCC(=O)N3CCCCC3)c(OC)c2)SC1=S. The number of unbranched alkanes of at least 4 members (excludes halogenated alkanes) is 2. The van der Waals surface area contributed by atoms with Crippen LogP contribution in [0, 0.1) is 0 Å². The Labute approximate surface area is 229 Å². The summed E-state index contributed by atoms with van der Waals surface area (Å²) in [5, 5.41) is 0. The highest BCUT2D eigenvalue weighted by molar-refractivity contribution is 9.10. The molecule has 2 fully saturated rings. The Morgan fingerprint density at radius 2 is 1.89 bits per heavy atom. The summed E-state index contributed by atoms with van der Waals surface area (Å²) in [7, 11) is 2.91. The lowest BCUT2D eigenvalue weighted by Gasteiger charge is -2.26. The first-order valence-electron chi connectivity index (χ1n) is 11.9. The Balaban J connectivity index is 1.61. The van der Waals surface area contributed by atoms with Crippen molar-refractivity contribution < 1.29 is 28.6 Å². The molecule has 196 valence electrons. The van der Waals surface area contributed by atoms with Gasteiger partial charge in [-0.15, -0.1) is 0 Å². The second kappa shape index (κ2) is 14.0. The van der Waals surface area contributed by atoms with Crippen molar-refractivity contribution in [2.75, 3.05) is 40.5 Å². The third kappa shape index (κ3) is 7.69. The molecule has 36 heavy (non-hydrogen) atoms. The fraction of sp³-hybridized carbons (Fsp3) is 0.520. The van der Waals surface area contributed by atoms with Crippen molar-refractivity contribution in [3.05, 3.63) is 27.1 Å². The number of nitrogens with zero attached hydrogens (tertiary/aromatic N) is 2. The molecule has 0 bridgehead atoms. The number of thioether (sulfide) groups is 1. The first-order chi connectivity index (χ1) is 17.3. The summed E-state index contributed by atoms with van der Waals surface area (Å²) < 4.78 is 17.1. The molecule has 0 unspecified atom stereocenters. The Morgan fingerprint density at radius 3 is 2.58 bits per heavy atom. The Hall–Kier alpha value is -2.11. The topological polar surface area (TPSA) is 85.4 Å². The third-order valence-electron chi connectivity index (χ3n) is 5.96. The maximum Gasteiger partial charge on any atom is 0.305 e. The molecule has 2 amide bonds. The molecule has 1 aromatic rings. The van der Waals surface area contributed by atoms with Crippen molar-refractivity contribution in [2.24, 2.45) is 0 Å². The number of carbonyl (C=O) groups excluding carboxylic acids is 3. The second-order valence-corrected chi connectivity index (χ2v) is 11.0. The molecule has 0 spiro atoms. The van der Waals surface area contributed by atoms with Crippen molar-refractivity contribution in [3.63, 3.8) is 0 Å². The Kier molecular flexibility index (Phi) is 11.1. The van der Waals surface area contributed by atoms with Crippen LogP contribution in [0.1, 0.15) is 50.5 Å². The van der Waals surface area contributed by atoms with Crippen LogP contribution in [0.2, 0.25) is 0 Å². The van der Waals surface area contributed by atoms with Gasteiger partial charge < -0.3 is 19.1 Å². The average Bonchev–Trinajstić information content (AvgIpc) is 3.14. The number of halogens is 1. The van der Waals surface area contributed by atoms with Crippen molar-refractivity contribution in [1.29, 1.82) is 0 Å². The van der Waals surface area contributed by atoms with Crippen LogP contribution in [-0.4, -0.2) is 72.4 Å². The van der Waals surface area contributed by atoms with E-state index in [0.717, 1.165) is 50.8 Å². The zero-order valence-electron chi connectivity index (χ0n) is 20.5. The summed E-state index contributed by atoms with van der Waals surface area (Å²) in [5.41, 5.74) is 0.743. The number of hydrogen-bond acceptors (Lipinski definition) is 8. The van der Waals surface area contributed by atoms with Crippen LogP contribution in [0.4, 0.5) is 0 Å². The van der Waals surface area contributed by atoms with Gasteiger partial charge in [0, 0.05) is 26.1 Å². The Morgan fingerprint density at radius 1 is 1.14 bits per heavy atom. The van der Waals surface area contributed by atoms with Gasteiger partial charge in [0.05, 0.1) is 23.6 Å². The van der Waals surface area contributed by atoms with Gasteiger partial charge in [0.1, 0.15) is 4.32 Å². The van der Waals surface area contributed by atoms with E-state index in [1.54, 1.807) is 17.0 Å². The number of thiocarbonyl (C=S) groups is 1. The van der Waals surface area contributed by atoms with Crippen LogP contribution < -0.4 is 9.47 Å². The van der Waals surface area contributed by atoms with Crippen LogP contribution in [0.15, 0.2) is 21.5 Å². The maximum absolute atomic E-state index is 12.9. The molecular weight excluding hydrogens is 568 g/mol. The maximum atomic E-state index is 12.9. The van der Waals surface area contributed by atoms with Crippen molar-refractivity contribution in [1.82, 2.24) is 9.80 Å². The minimum Gasteiger partial charge on any atom is -0.493 e. The first-order valence-corrected chi connectivity index (χ1v) is 14.0. The third-order valence-corrected chi connectivity index (χ3v) is 7.93. The van der Waals surface area contributed by atoms with Crippen molar-refractivity contribution in [2.45, 2.75) is 44.9 Å². The van der Waals surface area contributed by atoms with Gasteiger partial charge in [-0.2, -0.15) is 0 Å². The van der Waals surface area contributed by atoms with E-state index in [4.69, 9.17) is 21.7 Å². The molecule has 3 rings (SSSR count). The number of rotatable bonds is 11. The van der Waals surface area contributed by atoms with Gasteiger partial charge in [-0.1, -0.05) is 30.4 Å². The molecular formula is C25H31BrN2O6S2. The molecule has 2 aliphatic rings. The van der Waals surface area contributed by atoms with E-state index >= 15 is 0 Å². The molecule has 0 atom stereocenters. The highest BCUT2D eigenvalue weighted by atomic mass is 79.9. The largest absolute Gasteiger partial charge is 0.493 e. The number of ether oxygens (including phenoxy) is 3. The van der Waals surface area contributed by atoms with Crippen LogP contribution in [0.25, 0.3) is 6.08 Å². The lowest BCUT2D eigenvalue weighted by Crippen LogP contribution is -2.38. The molecule has 0 N–H and O–H groups in total. The van der Waals surface area contributed by atoms with E-state index in [1.165, 1.54) is 26.0 Å². The number of esters is 1. The molecule has 2 aliphatic heterocycles. The van der Waals surface area contributed by atoms with Crippen LogP contribution in [-0.2, 0) is 19.1 Å². The van der Waals surface area contributed by atoms with Gasteiger partial charge >= 0.3 is 5.97 Å². The molecule has 2 saturated heterocycles. The number of methoxy groups -OCH3 is 2. The number of piperidine rings is 1. The lowest BCUT2D eigenvalue weighted by atomic mass is 10.1. The Bertz CT molecular complexity index is 1030. The average molecular weight is 600 g/mol. The molecule has 11 heteroatoms. The van der Waals surface area contributed by atoms with E-state index in [2.05, 4.69) is 20.7 Å². The fourth-order valence-electron chi connectivity index (χ4n) is 3.99. The van der Waals surface area contributed by atoms with Gasteiger partial charge in [0.15, 0.2) is 18.1 Å². The highest BCUT2D eigenvalue weighted by Gasteiger charge is 2.31. The number of amides is 2. The van der Waals surface area contributed by atoms with Gasteiger partial charge in [-0.3, -0.25) is 19.3 Å². The van der Waals surface area contributed by atoms with Crippen LogP contribution in [0.3, 0.4) is 0 Å². The summed E-state index contributed by atoms with van der Waals surface area (Å²) in [6.45, 7) is 1.98. The number of likely N-dealkylation sites (tertiary alicyclic amines) is 1. The predicted octanol–water partition coefficient (Wildman–Crippen LogP) is 4.78. The van der Waals surface area contributed by atoms with Crippen LogP contribution in [0.5, 0.6) is 11.5 Å². The molecule has 0 aliphatic carbocycles. The van der Waals surface area contributed by atoms with Crippen molar-refractivity contribution >= 4 is 68.1 Å². The molecule has 1 aromatic carbocycles. The molecule has 0 radical (unpaired) electrons. The number of benzene rings is 1. The summed E-state index contributed by atoms with van der Waals surface area (Å²) in [4.78, 5) is 40.6. The first kappa shape index (κ1) is 28.5. The smallest absolute Gasteiger partial charge is 0.305 e. The van der Waals surface area contributed by atoms with Crippen LogP contribution >= 0.6 is 39.9 Å². The standard InChI is InChI=1S/C25H31BrN2O6S2/c1-32-19-14-17(13-18(26)23(19)34-16-21(29)27-10-6-4-7-11-27)15-20-24(31)28(25(35)36-20)12-8-3-5-9-22(30)33-2/h13-15H,3-12,16H2,1-2H3/b20-15+. The number of carbonyl (C=O) groups is 3. The lowest BCUT2D eigenvalue weighted by molar-refractivity contribution is -0.140. The molecule has 2 heterocycles. The van der Waals surface area contributed by atoms with E-state index in [9.17, 15) is 14.4 Å². The van der Waals surface area contributed by atoms with Gasteiger partial charge in [-0.25, -0.2) is 0 Å². The number of hydrogen-bond donors (Lipinski definition) is 0. The van der Waals surface area contributed by atoms with E-state index < -0.39 is 0 Å². The van der Waals surface area contributed by atoms with Gasteiger partial charge in [-0.05, 0) is 71.8 Å². The van der Waals surface area contributed by atoms with E-state index in [0.29, 0.717) is 44.6 Å². The quantitative estimate of drug-likeness (QED) is 0.156. The minimum atomic E-state index is -0.227. The second-order valence-electron chi connectivity index (χ2n) is 8.48. The molecule has 0 aromatic heterocycles. The zero-order valence-corrected chi connectivity index (χ0v) is 23.8. The normalized spacial score (nSPS) is 17.0. The van der Waals surface area contributed by atoms with Gasteiger partial charge in [0.25, 0.3) is 11.8 Å². The van der Waals surface area contributed by atoms with E-state index in [1.807, 2.05) is 11.0 Å². The summed E-state index contributed by atoms with van der Waals surface area (Å²) >= 11 is 10.2. The molecule has 8 nitrogen and oxygen atoms in total. The summed E-state index contributed by atoms with van der Waals surface area (Å²) in [6, 6.07) is 3.59. The van der Waals surface area contributed by atoms with Gasteiger partial charge in [0.2, 0.25) is 0 Å². The zero-order chi connectivity index (χ0) is 26.1. The highest BCUT2D eigenvalue weighted by Crippen LogP contribution is 2.39. The summed E-state index contributed by atoms with van der Waals surface area (Å²) in [6.07, 6.45) is 7.61. The predicted molar refractivity (Wildman–Crippen MR) is 147 cm³/mol. The van der Waals surface area contributed by atoms with E-state index in [-0.39, 0.29) is 24.4 Å². The van der Waals surface area contributed by atoms with Crippen molar-refractivity contribution in [3.8, 4) is 11.5 Å². The fourth-order valence-corrected chi connectivity index (χ4v) is 5.88. The molecule has 0 saturated carbocycles. The summed E-state index contributed by atoms with van der Waals surface area (Å²) in [5.74, 6) is 0.500. The monoisotopic (exact) mass is 598 g/mol. The minimum absolute atomic E-state index is 0.0401.